The molecule has 1 aromatic heterocycles. The summed E-state index contributed by atoms with van der Waals surface area (Å²) < 4.78 is 2.47. The van der Waals surface area contributed by atoms with E-state index < -0.39 is 0 Å². The zero-order valence-electron chi connectivity index (χ0n) is 35.1. The number of nitrogens with zero attached hydrogens (tertiary/aromatic N) is 2. The molecule has 64 heavy (non-hydrogen) atoms. The molecule has 0 radical (unpaired) electrons. The highest BCUT2D eigenvalue weighted by atomic mass is 15.1. The van der Waals surface area contributed by atoms with E-state index in [1.807, 2.05) is 0 Å². The van der Waals surface area contributed by atoms with Crippen LogP contribution in [-0.4, -0.2) is 4.57 Å². The second kappa shape index (κ2) is 15.8. The third kappa shape index (κ3) is 6.44. The molecule has 300 valence electrons. The van der Waals surface area contributed by atoms with Gasteiger partial charge in [-0.2, -0.15) is 0 Å². The maximum absolute atomic E-state index is 2.47. The van der Waals surface area contributed by atoms with E-state index in [9.17, 15) is 0 Å². The third-order valence-electron chi connectivity index (χ3n) is 12.8. The lowest BCUT2D eigenvalue weighted by Gasteiger charge is -2.26. The van der Waals surface area contributed by atoms with Gasteiger partial charge in [-0.05, 0) is 115 Å². The van der Waals surface area contributed by atoms with Crippen molar-refractivity contribution in [3.05, 3.63) is 255 Å². The molecule has 1 heterocycles. The molecule has 0 aliphatic rings. The van der Waals surface area contributed by atoms with Crippen molar-refractivity contribution in [1.29, 1.82) is 0 Å². The van der Waals surface area contributed by atoms with Crippen molar-refractivity contribution < 1.29 is 0 Å². The number of aromatic nitrogens is 1. The molecule has 0 N–H and O–H groups in total. The topological polar surface area (TPSA) is 8.17 Å². The largest absolute Gasteiger partial charge is 0.311 e. The summed E-state index contributed by atoms with van der Waals surface area (Å²) in [6.45, 7) is 0. The van der Waals surface area contributed by atoms with Gasteiger partial charge in [0.2, 0.25) is 0 Å². The van der Waals surface area contributed by atoms with Crippen LogP contribution in [0.15, 0.2) is 255 Å². The highest BCUT2D eigenvalue weighted by molar-refractivity contribution is 6.26. The van der Waals surface area contributed by atoms with Gasteiger partial charge in [0.1, 0.15) is 0 Å². The van der Waals surface area contributed by atoms with Crippen LogP contribution in [0.2, 0.25) is 0 Å². The summed E-state index contributed by atoms with van der Waals surface area (Å²) in [7, 11) is 0. The van der Waals surface area contributed by atoms with Gasteiger partial charge in [-0.1, -0.05) is 200 Å². The number of hydrogen-bond donors (Lipinski definition) is 0. The number of benzene rings is 11. The minimum atomic E-state index is 1.09. The van der Waals surface area contributed by atoms with Gasteiger partial charge >= 0.3 is 0 Å². The van der Waals surface area contributed by atoms with E-state index in [0.29, 0.717) is 0 Å². The normalized spacial score (nSPS) is 11.4. The second-order valence-electron chi connectivity index (χ2n) is 16.5. The highest BCUT2D eigenvalue weighted by Crippen LogP contribution is 2.44. The smallest absolute Gasteiger partial charge is 0.0548 e. The Morgan fingerprint density at radius 2 is 0.719 bits per heavy atom. The predicted molar refractivity (Wildman–Crippen MR) is 272 cm³/mol. The lowest BCUT2D eigenvalue weighted by molar-refractivity contribution is 1.18. The average Bonchev–Trinajstić information content (AvgIpc) is 3.72. The fraction of sp³-hybridized carbons (Fsp3) is 0. The standard InChI is InChI=1S/C62H42N2/c1-3-15-43(16-4-1)45-29-36-50(37-30-45)63(51-38-31-46(32-39-51)44-17-5-2-6-18-44)52-40-33-48(34-41-52)54-23-9-11-27-58(54)64-59-28-12-10-24-57(59)62-60(64)42-35-49-21-14-26-56(61(49)62)55-25-13-20-47-19-7-8-22-53(47)55/h1-42H. The summed E-state index contributed by atoms with van der Waals surface area (Å²) in [4.78, 5) is 2.35. The quantitative estimate of drug-likeness (QED) is 0.148. The summed E-state index contributed by atoms with van der Waals surface area (Å²) in [5.74, 6) is 0. The average molecular weight is 815 g/mol. The third-order valence-corrected chi connectivity index (χ3v) is 12.8. The summed E-state index contributed by atoms with van der Waals surface area (Å²) >= 11 is 0. The van der Waals surface area contributed by atoms with E-state index in [0.717, 1.165) is 28.3 Å². The van der Waals surface area contributed by atoms with Crippen LogP contribution in [0.4, 0.5) is 17.1 Å². The zero-order chi connectivity index (χ0) is 42.4. The lowest BCUT2D eigenvalue weighted by Crippen LogP contribution is -2.09. The van der Waals surface area contributed by atoms with Crippen molar-refractivity contribution in [2.45, 2.75) is 0 Å². The van der Waals surface area contributed by atoms with Crippen molar-refractivity contribution >= 4 is 60.4 Å². The molecule has 0 amide bonds. The van der Waals surface area contributed by atoms with Crippen molar-refractivity contribution in [1.82, 2.24) is 4.57 Å². The van der Waals surface area contributed by atoms with Crippen LogP contribution in [0.1, 0.15) is 0 Å². The molecule has 0 spiro atoms. The number of anilines is 3. The Labute approximate surface area is 373 Å². The first-order valence-corrected chi connectivity index (χ1v) is 22.0. The van der Waals surface area contributed by atoms with Gasteiger partial charge in [0, 0.05) is 33.4 Å². The van der Waals surface area contributed by atoms with Gasteiger partial charge < -0.3 is 9.47 Å². The fourth-order valence-electron chi connectivity index (χ4n) is 9.80. The summed E-state index contributed by atoms with van der Waals surface area (Å²) in [5, 5.41) is 7.54. The monoisotopic (exact) mass is 814 g/mol. The SMILES string of the molecule is c1ccc(-c2ccc(N(c3ccc(-c4ccccc4)cc3)c3ccc(-c4ccccc4-n4c5ccccc5c5c6c(-c7cccc8ccccc78)cccc6ccc54)cc3)cc2)cc1. The van der Waals surface area contributed by atoms with Crippen LogP contribution in [0.25, 0.3) is 93.5 Å². The molecule has 2 nitrogen and oxygen atoms in total. The molecule has 0 fully saturated rings. The lowest BCUT2D eigenvalue weighted by atomic mass is 9.92. The molecule has 0 bridgehead atoms. The molecule has 12 aromatic rings. The van der Waals surface area contributed by atoms with Gasteiger partial charge in [-0.25, -0.2) is 0 Å². The van der Waals surface area contributed by atoms with Crippen LogP contribution in [0.3, 0.4) is 0 Å². The Hall–Kier alpha value is -8.46. The summed E-state index contributed by atoms with van der Waals surface area (Å²) in [5.41, 5.74) is 16.4. The highest BCUT2D eigenvalue weighted by Gasteiger charge is 2.20. The molecule has 0 aliphatic carbocycles. The molecule has 0 unspecified atom stereocenters. The van der Waals surface area contributed by atoms with E-state index in [1.54, 1.807) is 0 Å². The van der Waals surface area contributed by atoms with Crippen LogP contribution in [-0.2, 0) is 0 Å². The molecule has 12 rings (SSSR count). The van der Waals surface area contributed by atoms with Crippen LogP contribution < -0.4 is 4.90 Å². The Balaban J connectivity index is 0.986. The molecule has 0 saturated carbocycles. The first-order chi connectivity index (χ1) is 31.8. The van der Waals surface area contributed by atoms with Gasteiger partial charge in [-0.15, -0.1) is 0 Å². The maximum Gasteiger partial charge on any atom is 0.0548 e. The van der Waals surface area contributed by atoms with Gasteiger partial charge in [0.05, 0.1) is 16.7 Å². The minimum absolute atomic E-state index is 1.09. The van der Waals surface area contributed by atoms with Gasteiger partial charge in [-0.3, -0.25) is 0 Å². The summed E-state index contributed by atoms with van der Waals surface area (Å²) in [6.07, 6.45) is 0. The molecule has 0 aliphatic heterocycles. The number of para-hydroxylation sites is 2. The van der Waals surface area contributed by atoms with E-state index in [1.165, 1.54) is 82.3 Å². The van der Waals surface area contributed by atoms with E-state index in [2.05, 4.69) is 264 Å². The molecule has 0 saturated heterocycles. The van der Waals surface area contributed by atoms with Gasteiger partial charge in [0.25, 0.3) is 0 Å². The van der Waals surface area contributed by atoms with Gasteiger partial charge in [0.15, 0.2) is 0 Å². The minimum Gasteiger partial charge on any atom is -0.311 e. The van der Waals surface area contributed by atoms with E-state index in [-0.39, 0.29) is 0 Å². The second-order valence-corrected chi connectivity index (χ2v) is 16.5. The van der Waals surface area contributed by atoms with Crippen molar-refractivity contribution in [2.24, 2.45) is 0 Å². The summed E-state index contributed by atoms with van der Waals surface area (Å²) in [6, 6.07) is 92.5. The van der Waals surface area contributed by atoms with Crippen LogP contribution >= 0.6 is 0 Å². The number of fused-ring (bicyclic) bond motifs is 6. The Morgan fingerprint density at radius 3 is 1.38 bits per heavy atom. The molecular weight excluding hydrogens is 773 g/mol. The molecule has 11 aromatic carbocycles. The first kappa shape index (κ1) is 37.3. The Kier molecular flexibility index (Phi) is 9.20. The van der Waals surface area contributed by atoms with E-state index >= 15 is 0 Å². The first-order valence-electron chi connectivity index (χ1n) is 22.0. The van der Waals surface area contributed by atoms with Crippen molar-refractivity contribution in [2.75, 3.05) is 4.90 Å². The zero-order valence-corrected chi connectivity index (χ0v) is 35.1. The predicted octanol–water partition coefficient (Wildman–Crippen LogP) is 17.2. The molecule has 0 atom stereocenters. The fourth-order valence-corrected chi connectivity index (χ4v) is 9.80. The molecular formula is C62H42N2. The van der Waals surface area contributed by atoms with Crippen molar-refractivity contribution in [3.63, 3.8) is 0 Å². The van der Waals surface area contributed by atoms with E-state index in [4.69, 9.17) is 0 Å². The number of hydrogen-bond acceptors (Lipinski definition) is 1. The molecule has 2 heteroatoms. The maximum atomic E-state index is 2.47. The Bertz CT molecular complexity index is 3540. The number of rotatable bonds is 8. The van der Waals surface area contributed by atoms with Crippen LogP contribution in [0.5, 0.6) is 0 Å². The van der Waals surface area contributed by atoms with Crippen molar-refractivity contribution in [3.8, 4) is 50.2 Å². The van der Waals surface area contributed by atoms with Crippen LogP contribution in [0, 0.1) is 0 Å². The Morgan fingerprint density at radius 1 is 0.250 bits per heavy atom.